The Bertz CT molecular complexity index is 1080. The molecule has 0 spiro atoms. The SMILES string of the molecule is Cc1cc(C)n2nc(SCc3ccccc3C(=O)N3CCN(CC(F)F)CC3)nc2n1. The number of hydrogen-bond acceptors (Lipinski definition) is 6. The molecule has 1 aliphatic heterocycles. The lowest BCUT2D eigenvalue weighted by Crippen LogP contribution is -2.49. The molecule has 0 radical (unpaired) electrons. The van der Waals surface area contributed by atoms with Crippen LogP contribution in [-0.2, 0) is 5.75 Å². The Morgan fingerprint density at radius 1 is 1.13 bits per heavy atom. The van der Waals surface area contributed by atoms with Crippen molar-refractivity contribution in [3.05, 3.63) is 52.8 Å². The lowest BCUT2D eigenvalue weighted by Gasteiger charge is -2.34. The molecule has 0 N–H and O–H groups in total. The van der Waals surface area contributed by atoms with Gasteiger partial charge in [0.15, 0.2) is 0 Å². The maximum absolute atomic E-state index is 13.1. The van der Waals surface area contributed by atoms with Crippen LogP contribution in [0.25, 0.3) is 5.78 Å². The van der Waals surface area contributed by atoms with Gasteiger partial charge in [-0.25, -0.2) is 18.3 Å². The highest BCUT2D eigenvalue weighted by molar-refractivity contribution is 7.98. The van der Waals surface area contributed by atoms with E-state index >= 15 is 0 Å². The first kappa shape index (κ1) is 21.6. The molecule has 1 fully saturated rings. The molecule has 0 saturated carbocycles. The third-order valence-electron chi connectivity index (χ3n) is 5.26. The van der Waals surface area contributed by atoms with Gasteiger partial charge in [-0.05, 0) is 31.5 Å². The molecule has 10 heteroatoms. The molecule has 1 saturated heterocycles. The van der Waals surface area contributed by atoms with Crippen LogP contribution in [0, 0.1) is 13.8 Å². The molecule has 7 nitrogen and oxygen atoms in total. The molecule has 31 heavy (non-hydrogen) atoms. The van der Waals surface area contributed by atoms with Crippen molar-refractivity contribution in [2.45, 2.75) is 31.2 Å². The maximum Gasteiger partial charge on any atom is 0.254 e. The number of piperazine rings is 1. The number of carbonyl (C=O) groups is 1. The summed E-state index contributed by atoms with van der Waals surface area (Å²) in [6.45, 7) is 5.46. The third kappa shape index (κ3) is 5.01. The number of amides is 1. The Morgan fingerprint density at radius 2 is 1.87 bits per heavy atom. The monoisotopic (exact) mass is 446 g/mol. The highest BCUT2D eigenvalue weighted by Gasteiger charge is 2.25. The summed E-state index contributed by atoms with van der Waals surface area (Å²) >= 11 is 1.45. The summed E-state index contributed by atoms with van der Waals surface area (Å²) in [5, 5.41) is 5.11. The number of fused-ring (bicyclic) bond motifs is 1. The van der Waals surface area contributed by atoms with E-state index in [9.17, 15) is 13.6 Å². The Morgan fingerprint density at radius 3 is 2.61 bits per heavy atom. The fourth-order valence-corrected chi connectivity index (χ4v) is 4.53. The van der Waals surface area contributed by atoms with Gasteiger partial charge in [0.25, 0.3) is 18.1 Å². The van der Waals surface area contributed by atoms with Crippen LogP contribution in [0.15, 0.2) is 35.5 Å². The maximum atomic E-state index is 13.1. The number of alkyl halides is 2. The van der Waals surface area contributed by atoms with Gasteiger partial charge in [0.2, 0.25) is 5.16 Å². The zero-order valence-electron chi connectivity index (χ0n) is 17.5. The van der Waals surface area contributed by atoms with Gasteiger partial charge in [-0.1, -0.05) is 30.0 Å². The average molecular weight is 447 g/mol. The largest absolute Gasteiger partial charge is 0.336 e. The third-order valence-corrected chi connectivity index (χ3v) is 6.15. The molecule has 164 valence electrons. The molecule has 2 aromatic heterocycles. The Balaban J connectivity index is 1.44. The number of aromatic nitrogens is 4. The normalized spacial score (nSPS) is 15.2. The summed E-state index contributed by atoms with van der Waals surface area (Å²) < 4.78 is 26.9. The summed E-state index contributed by atoms with van der Waals surface area (Å²) in [7, 11) is 0. The molecular formula is C21H24F2N6OS. The fourth-order valence-electron chi connectivity index (χ4n) is 3.71. The van der Waals surface area contributed by atoms with Crippen LogP contribution in [0.5, 0.6) is 0 Å². The molecular weight excluding hydrogens is 422 g/mol. The minimum atomic E-state index is -2.35. The summed E-state index contributed by atoms with van der Waals surface area (Å²) in [6, 6.07) is 9.44. The van der Waals surface area contributed by atoms with Gasteiger partial charge in [-0.15, -0.1) is 5.10 Å². The standard InChI is InChI=1S/C21H24F2N6OS/c1-14-11-15(2)29-20(24-14)25-21(26-29)31-13-16-5-3-4-6-17(16)19(30)28-9-7-27(8-10-28)12-18(22)23/h3-6,11,18H,7-10,12-13H2,1-2H3. The van der Waals surface area contributed by atoms with E-state index in [0.29, 0.717) is 48.4 Å². The van der Waals surface area contributed by atoms with Gasteiger partial charge in [0.05, 0.1) is 6.54 Å². The van der Waals surface area contributed by atoms with E-state index in [1.54, 1.807) is 14.3 Å². The number of thioether (sulfide) groups is 1. The molecule has 1 aromatic carbocycles. The number of benzene rings is 1. The second-order valence-electron chi connectivity index (χ2n) is 7.57. The van der Waals surface area contributed by atoms with Crippen LogP contribution in [0.2, 0.25) is 0 Å². The van der Waals surface area contributed by atoms with Gasteiger partial charge < -0.3 is 4.90 Å². The van der Waals surface area contributed by atoms with Gasteiger partial charge >= 0.3 is 0 Å². The highest BCUT2D eigenvalue weighted by Crippen LogP contribution is 2.24. The van der Waals surface area contributed by atoms with Crippen molar-refractivity contribution in [1.82, 2.24) is 29.4 Å². The summed E-state index contributed by atoms with van der Waals surface area (Å²) in [6.07, 6.45) is -2.35. The second kappa shape index (κ2) is 9.27. The van der Waals surface area contributed by atoms with E-state index in [0.717, 1.165) is 17.0 Å². The van der Waals surface area contributed by atoms with E-state index in [2.05, 4.69) is 15.1 Å². The molecule has 3 heterocycles. The topological polar surface area (TPSA) is 66.6 Å². The Hall–Kier alpha value is -2.59. The predicted octanol–water partition coefficient (Wildman–Crippen LogP) is 3.06. The lowest BCUT2D eigenvalue weighted by atomic mass is 10.1. The number of aryl methyl sites for hydroxylation is 2. The van der Waals surface area contributed by atoms with Crippen LogP contribution >= 0.6 is 11.8 Å². The van der Waals surface area contributed by atoms with Gasteiger partial charge in [0, 0.05) is 48.9 Å². The van der Waals surface area contributed by atoms with Crippen LogP contribution in [-0.4, -0.2) is 74.4 Å². The van der Waals surface area contributed by atoms with Crippen molar-refractivity contribution in [3.8, 4) is 0 Å². The van der Waals surface area contributed by atoms with E-state index in [-0.39, 0.29) is 12.5 Å². The first-order valence-electron chi connectivity index (χ1n) is 10.1. The number of carbonyl (C=O) groups excluding carboxylic acids is 1. The average Bonchev–Trinajstić information content (AvgIpc) is 3.15. The number of nitrogens with zero attached hydrogens (tertiary/aromatic N) is 6. The number of halogens is 2. The van der Waals surface area contributed by atoms with Crippen LogP contribution in [0.4, 0.5) is 8.78 Å². The molecule has 0 bridgehead atoms. The minimum Gasteiger partial charge on any atom is -0.336 e. The van der Waals surface area contributed by atoms with Crippen molar-refractivity contribution in [3.63, 3.8) is 0 Å². The first-order valence-corrected chi connectivity index (χ1v) is 11.1. The first-order chi connectivity index (χ1) is 14.9. The van der Waals surface area contributed by atoms with E-state index in [1.165, 1.54) is 11.8 Å². The van der Waals surface area contributed by atoms with Gasteiger partial charge in [0.1, 0.15) is 0 Å². The quantitative estimate of drug-likeness (QED) is 0.543. The van der Waals surface area contributed by atoms with E-state index in [4.69, 9.17) is 0 Å². The molecule has 3 aromatic rings. The Kier molecular flexibility index (Phi) is 6.47. The zero-order chi connectivity index (χ0) is 22.0. The van der Waals surface area contributed by atoms with Crippen LogP contribution in [0.3, 0.4) is 0 Å². The van der Waals surface area contributed by atoms with Crippen LogP contribution in [0.1, 0.15) is 27.3 Å². The zero-order valence-corrected chi connectivity index (χ0v) is 18.3. The van der Waals surface area contributed by atoms with Crippen molar-refractivity contribution in [2.75, 3.05) is 32.7 Å². The van der Waals surface area contributed by atoms with Crippen molar-refractivity contribution >= 4 is 23.4 Å². The van der Waals surface area contributed by atoms with E-state index in [1.807, 2.05) is 44.2 Å². The summed E-state index contributed by atoms with van der Waals surface area (Å²) in [5.41, 5.74) is 3.38. The van der Waals surface area contributed by atoms with Crippen LogP contribution < -0.4 is 0 Å². The summed E-state index contributed by atoms with van der Waals surface area (Å²) in [4.78, 5) is 25.4. The van der Waals surface area contributed by atoms with E-state index < -0.39 is 6.43 Å². The predicted molar refractivity (Wildman–Crippen MR) is 115 cm³/mol. The molecule has 0 unspecified atom stereocenters. The minimum absolute atomic E-state index is 0.0657. The second-order valence-corrected chi connectivity index (χ2v) is 8.52. The van der Waals surface area contributed by atoms with Crippen molar-refractivity contribution in [1.29, 1.82) is 0 Å². The lowest BCUT2D eigenvalue weighted by molar-refractivity contribution is 0.0458. The number of hydrogen-bond donors (Lipinski definition) is 0. The fraction of sp³-hybridized carbons (Fsp3) is 0.429. The number of rotatable bonds is 6. The van der Waals surface area contributed by atoms with Crippen molar-refractivity contribution < 1.29 is 13.6 Å². The van der Waals surface area contributed by atoms with Crippen molar-refractivity contribution in [2.24, 2.45) is 0 Å². The van der Waals surface area contributed by atoms with Gasteiger partial charge in [-0.3, -0.25) is 9.69 Å². The smallest absolute Gasteiger partial charge is 0.254 e. The Labute approximate surface area is 183 Å². The highest BCUT2D eigenvalue weighted by atomic mass is 32.2. The molecule has 1 amide bonds. The molecule has 0 aliphatic carbocycles. The molecule has 4 rings (SSSR count). The van der Waals surface area contributed by atoms with Gasteiger partial charge in [-0.2, -0.15) is 4.98 Å². The summed E-state index contributed by atoms with van der Waals surface area (Å²) in [5.74, 6) is 1.04. The molecule has 1 aliphatic rings. The molecule has 0 atom stereocenters.